The van der Waals surface area contributed by atoms with Crippen LogP contribution in [-0.4, -0.2) is 32.2 Å². The highest BCUT2D eigenvalue weighted by Crippen LogP contribution is 2.21. The molecule has 9 heteroatoms. The molecule has 1 amide bonds. The standard InChI is InChI=1S/C21H18ClN5O2S/c1-13-3-8-16(9-17(13)22)24-20(29)10-19-25-26-21(27(19)2)30-12-18(28)15-6-4-14(11-23)5-7-15/h3-9H,10,12H2,1-2H3,(H,24,29). The maximum Gasteiger partial charge on any atom is 0.232 e. The Labute approximate surface area is 183 Å². The average Bonchev–Trinajstić information content (AvgIpc) is 3.08. The van der Waals surface area contributed by atoms with Crippen LogP contribution in [0.3, 0.4) is 0 Å². The number of thioether (sulfide) groups is 1. The van der Waals surface area contributed by atoms with Crippen molar-refractivity contribution in [3.8, 4) is 6.07 Å². The Bertz CT molecular complexity index is 1140. The predicted octanol–water partition coefficient (Wildman–Crippen LogP) is 3.80. The first-order valence-electron chi connectivity index (χ1n) is 8.98. The molecule has 152 valence electrons. The molecule has 3 rings (SSSR count). The van der Waals surface area contributed by atoms with Gasteiger partial charge in [-0.2, -0.15) is 5.26 Å². The van der Waals surface area contributed by atoms with Gasteiger partial charge in [0.25, 0.3) is 0 Å². The maximum absolute atomic E-state index is 12.3. The molecule has 0 unspecified atom stereocenters. The van der Waals surface area contributed by atoms with E-state index in [9.17, 15) is 9.59 Å². The Morgan fingerprint density at radius 3 is 2.60 bits per heavy atom. The molecule has 0 aliphatic rings. The fourth-order valence-corrected chi connectivity index (χ4v) is 3.59. The number of ketones is 1. The van der Waals surface area contributed by atoms with Crippen LogP contribution in [0.1, 0.15) is 27.3 Å². The minimum Gasteiger partial charge on any atom is -0.326 e. The lowest BCUT2D eigenvalue weighted by atomic mass is 10.1. The summed E-state index contributed by atoms with van der Waals surface area (Å²) >= 11 is 7.32. The van der Waals surface area contributed by atoms with Gasteiger partial charge in [0, 0.05) is 23.3 Å². The number of carbonyl (C=O) groups is 2. The molecule has 0 fully saturated rings. The molecule has 1 N–H and O–H groups in total. The molecule has 0 spiro atoms. The third kappa shape index (κ3) is 5.26. The predicted molar refractivity (Wildman–Crippen MR) is 116 cm³/mol. The second-order valence-electron chi connectivity index (χ2n) is 6.55. The lowest BCUT2D eigenvalue weighted by molar-refractivity contribution is -0.115. The second kappa shape index (κ2) is 9.57. The van der Waals surface area contributed by atoms with Crippen LogP contribution in [0.25, 0.3) is 0 Å². The van der Waals surface area contributed by atoms with Gasteiger partial charge in [-0.15, -0.1) is 10.2 Å². The van der Waals surface area contributed by atoms with Crippen molar-refractivity contribution in [1.29, 1.82) is 5.26 Å². The summed E-state index contributed by atoms with van der Waals surface area (Å²) in [5.74, 6) is 0.337. The molecule has 0 radical (unpaired) electrons. The number of Topliss-reactive ketones (excluding diaryl/α,β-unsaturated/α-hetero) is 1. The van der Waals surface area contributed by atoms with Gasteiger partial charge < -0.3 is 9.88 Å². The van der Waals surface area contributed by atoms with E-state index in [1.807, 2.05) is 19.1 Å². The molecule has 1 heterocycles. The summed E-state index contributed by atoms with van der Waals surface area (Å²) < 4.78 is 1.69. The van der Waals surface area contributed by atoms with Crippen LogP contribution >= 0.6 is 23.4 Å². The number of aryl methyl sites for hydroxylation is 1. The largest absolute Gasteiger partial charge is 0.326 e. The number of nitrogens with one attached hydrogen (secondary N) is 1. The Balaban J connectivity index is 1.58. The molecule has 30 heavy (non-hydrogen) atoms. The number of halogens is 1. The van der Waals surface area contributed by atoms with Gasteiger partial charge in [0.15, 0.2) is 10.9 Å². The monoisotopic (exact) mass is 439 g/mol. The number of aromatic nitrogens is 3. The van der Waals surface area contributed by atoms with E-state index < -0.39 is 0 Å². The molecule has 3 aromatic rings. The fourth-order valence-electron chi connectivity index (χ4n) is 2.59. The van der Waals surface area contributed by atoms with Crippen LogP contribution in [0.2, 0.25) is 5.02 Å². The molecule has 0 atom stereocenters. The third-order valence-electron chi connectivity index (χ3n) is 4.37. The van der Waals surface area contributed by atoms with E-state index in [1.54, 1.807) is 48.0 Å². The quantitative estimate of drug-likeness (QED) is 0.443. The number of hydrogen-bond acceptors (Lipinski definition) is 6. The summed E-state index contributed by atoms with van der Waals surface area (Å²) in [4.78, 5) is 24.7. The van der Waals surface area contributed by atoms with Crippen molar-refractivity contribution in [3.05, 3.63) is 70.0 Å². The van der Waals surface area contributed by atoms with Crippen molar-refractivity contribution in [2.75, 3.05) is 11.1 Å². The molecule has 0 saturated carbocycles. The first kappa shape index (κ1) is 21.6. The van der Waals surface area contributed by atoms with E-state index in [2.05, 4.69) is 15.5 Å². The van der Waals surface area contributed by atoms with Gasteiger partial charge in [0.1, 0.15) is 5.82 Å². The van der Waals surface area contributed by atoms with Crippen molar-refractivity contribution in [3.63, 3.8) is 0 Å². The lowest BCUT2D eigenvalue weighted by Crippen LogP contribution is -2.17. The van der Waals surface area contributed by atoms with Crippen molar-refractivity contribution in [2.45, 2.75) is 18.5 Å². The molecular formula is C21H18ClN5O2S. The van der Waals surface area contributed by atoms with Crippen LogP contribution in [0.15, 0.2) is 47.6 Å². The van der Waals surface area contributed by atoms with Gasteiger partial charge in [-0.1, -0.05) is 41.6 Å². The highest BCUT2D eigenvalue weighted by Gasteiger charge is 2.15. The van der Waals surface area contributed by atoms with E-state index in [0.29, 0.717) is 32.8 Å². The number of hydrogen-bond donors (Lipinski definition) is 1. The fraction of sp³-hybridized carbons (Fsp3) is 0.190. The van der Waals surface area contributed by atoms with Crippen molar-refractivity contribution >= 4 is 40.7 Å². The van der Waals surface area contributed by atoms with Gasteiger partial charge in [0.05, 0.1) is 23.8 Å². The van der Waals surface area contributed by atoms with Gasteiger partial charge in [-0.05, 0) is 36.8 Å². The van der Waals surface area contributed by atoms with E-state index in [4.69, 9.17) is 16.9 Å². The number of rotatable bonds is 7. The van der Waals surface area contributed by atoms with Gasteiger partial charge >= 0.3 is 0 Å². The number of nitriles is 1. The molecule has 0 bridgehead atoms. The van der Waals surface area contributed by atoms with Gasteiger partial charge in [-0.3, -0.25) is 9.59 Å². The van der Waals surface area contributed by atoms with E-state index >= 15 is 0 Å². The highest BCUT2D eigenvalue weighted by atomic mass is 35.5. The Morgan fingerprint density at radius 1 is 1.20 bits per heavy atom. The zero-order valence-corrected chi connectivity index (χ0v) is 17.9. The minimum atomic E-state index is -0.240. The highest BCUT2D eigenvalue weighted by molar-refractivity contribution is 7.99. The molecule has 1 aromatic heterocycles. The summed E-state index contributed by atoms with van der Waals surface area (Å²) in [6, 6.07) is 13.8. The van der Waals surface area contributed by atoms with Crippen molar-refractivity contribution in [2.24, 2.45) is 7.05 Å². The van der Waals surface area contributed by atoms with Crippen LogP contribution in [-0.2, 0) is 18.3 Å². The molecular weight excluding hydrogens is 422 g/mol. The van der Waals surface area contributed by atoms with E-state index in [1.165, 1.54) is 11.8 Å². The summed E-state index contributed by atoms with van der Waals surface area (Å²) in [6.07, 6.45) is 0.0408. The first-order chi connectivity index (χ1) is 14.4. The summed E-state index contributed by atoms with van der Waals surface area (Å²) in [5.41, 5.74) is 2.57. The van der Waals surface area contributed by atoms with Crippen LogP contribution in [0.5, 0.6) is 0 Å². The Morgan fingerprint density at radius 2 is 1.93 bits per heavy atom. The zero-order valence-electron chi connectivity index (χ0n) is 16.3. The number of benzene rings is 2. The zero-order chi connectivity index (χ0) is 21.7. The van der Waals surface area contributed by atoms with Gasteiger partial charge in [-0.25, -0.2) is 0 Å². The normalized spacial score (nSPS) is 10.5. The molecule has 0 saturated heterocycles. The summed E-state index contributed by atoms with van der Waals surface area (Å²) in [7, 11) is 1.75. The average molecular weight is 440 g/mol. The lowest BCUT2D eigenvalue weighted by Gasteiger charge is -2.07. The SMILES string of the molecule is Cc1ccc(NC(=O)Cc2nnc(SCC(=O)c3ccc(C#N)cc3)n2C)cc1Cl. The molecule has 0 aliphatic carbocycles. The number of amides is 1. The van der Waals surface area contributed by atoms with Crippen molar-refractivity contribution in [1.82, 2.24) is 14.8 Å². The minimum absolute atomic E-state index is 0.0408. The molecule has 7 nitrogen and oxygen atoms in total. The first-order valence-corrected chi connectivity index (χ1v) is 10.3. The van der Waals surface area contributed by atoms with Crippen LogP contribution in [0, 0.1) is 18.3 Å². The Kier molecular flexibility index (Phi) is 6.87. The third-order valence-corrected chi connectivity index (χ3v) is 5.80. The number of anilines is 1. The number of nitrogens with zero attached hydrogens (tertiary/aromatic N) is 4. The van der Waals surface area contributed by atoms with Crippen LogP contribution in [0.4, 0.5) is 5.69 Å². The van der Waals surface area contributed by atoms with Crippen molar-refractivity contribution < 1.29 is 9.59 Å². The molecule has 2 aromatic carbocycles. The van der Waals surface area contributed by atoms with Gasteiger partial charge in [0.2, 0.25) is 5.91 Å². The smallest absolute Gasteiger partial charge is 0.232 e. The maximum atomic E-state index is 12.3. The summed E-state index contributed by atoms with van der Waals surface area (Å²) in [5, 5.41) is 20.9. The topological polar surface area (TPSA) is 101 Å². The summed E-state index contributed by atoms with van der Waals surface area (Å²) in [6.45, 7) is 1.89. The molecule has 0 aliphatic heterocycles. The number of carbonyl (C=O) groups excluding carboxylic acids is 2. The second-order valence-corrected chi connectivity index (χ2v) is 7.90. The Hall–Kier alpha value is -3.15. The van der Waals surface area contributed by atoms with Crippen LogP contribution < -0.4 is 5.32 Å². The van der Waals surface area contributed by atoms with E-state index in [-0.39, 0.29) is 23.9 Å². The van der Waals surface area contributed by atoms with E-state index in [0.717, 1.165) is 5.56 Å².